The van der Waals surface area contributed by atoms with Crippen molar-refractivity contribution in [3.05, 3.63) is 55.3 Å². The van der Waals surface area contributed by atoms with Gasteiger partial charge in [0.15, 0.2) is 10.5 Å². The van der Waals surface area contributed by atoms with Crippen molar-refractivity contribution in [2.75, 3.05) is 0 Å². The Bertz CT molecular complexity index is 1020. The first kappa shape index (κ1) is 13.2. The van der Waals surface area contributed by atoms with Crippen LogP contribution in [0.15, 0.2) is 54.1 Å². The maximum Gasteiger partial charge on any atom is 0.345 e. The Morgan fingerprint density at radius 2 is 2.10 bits per heavy atom. The molecule has 0 bridgehead atoms. The van der Waals surface area contributed by atoms with Gasteiger partial charge >= 0.3 is 5.63 Å². The van der Waals surface area contributed by atoms with Gasteiger partial charge in [0, 0.05) is 27.6 Å². The van der Waals surface area contributed by atoms with E-state index in [0.717, 1.165) is 19.3 Å². The topological polar surface area (TPSA) is 47.5 Å². The van der Waals surface area contributed by atoms with Crippen LogP contribution in [0.1, 0.15) is 0 Å². The summed E-state index contributed by atoms with van der Waals surface area (Å²) in [7, 11) is 0. The summed E-state index contributed by atoms with van der Waals surface area (Å²) < 4.78 is 8.97. The summed E-state index contributed by atoms with van der Waals surface area (Å²) >= 11 is 8.36. The molecule has 4 aromatic rings. The Balaban J connectivity index is 2.02. The molecule has 4 rings (SSSR count). The van der Waals surface area contributed by atoms with Crippen LogP contribution in [0, 0.1) is 0 Å². The fourth-order valence-corrected chi connectivity index (χ4v) is 4.23. The monoisotopic (exact) mass is 424 g/mol. The number of nitrogens with zero attached hydrogens (tertiary/aromatic N) is 2. The van der Waals surface area contributed by atoms with E-state index >= 15 is 0 Å². The van der Waals surface area contributed by atoms with Crippen LogP contribution in [0.4, 0.5) is 0 Å². The van der Waals surface area contributed by atoms with E-state index in [1.807, 2.05) is 40.4 Å². The zero-order valence-corrected chi connectivity index (χ0v) is 14.3. The summed E-state index contributed by atoms with van der Waals surface area (Å²) in [6, 6.07) is 5.56. The zero-order chi connectivity index (χ0) is 14.6. The Kier molecular flexibility index (Phi) is 3.02. The Morgan fingerprint density at radius 1 is 1.24 bits per heavy atom. The predicted octanol–water partition coefficient (Wildman–Crippen LogP) is 4.69. The normalized spacial score (nSPS) is 11.5. The van der Waals surface area contributed by atoms with E-state index < -0.39 is 5.63 Å². The van der Waals surface area contributed by atoms with Crippen LogP contribution >= 0.6 is 43.2 Å². The standard InChI is InChI=1S/C14H6Br2N2O2S/c15-8-3-7-4-9(13(19)20-12(7)10(16)5-8)11-6-18-1-2-21-14(18)17-11/h1-6H. The number of aromatic nitrogens is 2. The Morgan fingerprint density at radius 3 is 2.90 bits per heavy atom. The van der Waals surface area contributed by atoms with Crippen LogP contribution in [0.3, 0.4) is 0 Å². The molecule has 0 saturated heterocycles. The molecule has 104 valence electrons. The lowest BCUT2D eigenvalue weighted by Crippen LogP contribution is -2.03. The number of fused-ring (bicyclic) bond motifs is 2. The average molecular weight is 426 g/mol. The number of hydrogen-bond donors (Lipinski definition) is 0. The Hall–Kier alpha value is -1.44. The zero-order valence-electron chi connectivity index (χ0n) is 10.3. The van der Waals surface area contributed by atoms with Crippen LogP contribution in [-0.4, -0.2) is 9.38 Å². The summed E-state index contributed by atoms with van der Waals surface area (Å²) in [5.41, 5.74) is 1.22. The van der Waals surface area contributed by atoms with Gasteiger partial charge in [0.1, 0.15) is 0 Å². The van der Waals surface area contributed by atoms with E-state index in [-0.39, 0.29) is 0 Å². The third-order valence-electron chi connectivity index (χ3n) is 3.12. The first-order valence-electron chi connectivity index (χ1n) is 5.97. The van der Waals surface area contributed by atoms with Crippen LogP contribution in [0.5, 0.6) is 0 Å². The highest BCUT2D eigenvalue weighted by Crippen LogP contribution is 2.30. The fraction of sp³-hybridized carbons (Fsp3) is 0. The summed E-state index contributed by atoms with van der Waals surface area (Å²) in [5, 5.41) is 2.78. The van der Waals surface area contributed by atoms with Crippen molar-refractivity contribution in [2.45, 2.75) is 0 Å². The molecule has 21 heavy (non-hydrogen) atoms. The molecule has 0 fully saturated rings. The highest BCUT2D eigenvalue weighted by Gasteiger charge is 2.13. The molecule has 4 nitrogen and oxygen atoms in total. The molecule has 0 unspecified atom stereocenters. The molecule has 0 N–H and O–H groups in total. The van der Waals surface area contributed by atoms with Gasteiger partial charge < -0.3 is 4.42 Å². The van der Waals surface area contributed by atoms with E-state index in [1.165, 1.54) is 11.3 Å². The van der Waals surface area contributed by atoms with E-state index in [9.17, 15) is 4.79 Å². The molecule has 0 aliphatic rings. The SMILES string of the molecule is O=c1oc2c(Br)cc(Br)cc2cc1-c1cn2ccsc2n1. The second-order valence-corrected chi connectivity index (χ2v) is 7.12. The molecular weight excluding hydrogens is 420 g/mol. The second kappa shape index (κ2) is 4.79. The van der Waals surface area contributed by atoms with Gasteiger partial charge in [-0.25, -0.2) is 9.78 Å². The van der Waals surface area contributed by atoms with Crippen molar-refractivity contribution >= 4 is 59.1 Å². The van der Waals surface area contributed by atoms with Crippen LogP contribution in [-0.2, 0) is 0 Å². The fourth-order valence-electron chi connectivity index (χ4n) is 2.19. The van der Waals surface area contributed by atoms with Gasteiger partial charge in [-0.1, -0.05) is 15.9 Å². The van der Waals surface area contributed by atoms with Gasteiger partial charge in [0.25, 0.3) is 0 Å². The smallest absolute Gasteiger partial charge is 0.345 e. The summed E-state index contributed by atoms with van der Waals surface area (Å²) in [5.74, 6) is 0. The molecule has 0 aliphatic heterocycles. The number of thiazole rings is 1. The molecule has 7 heteroatoms. The highest BCUT2D eigenvalue weighted by molar-refractivity contribution is 9.11. The van der Waals surface area contributed by atoms with E-state index in [1.54, 1.807) is 0 Å². The van der Waals surface area contributed by atoms with Crippen molar-refractivity contribution < 1.29 is 4.42 Å². The first-order chi connectivity index (χ1) is 10.1. The summed E-state index contributed by atoms with van der Waals surface area (Å²) in [4.78, 5) is 17.5. The van der Waals surface area contributed by atoms with Gasteiger partial charge in [0.2, 0.25) is 0 Å². The van der Waals surface area contributed by atoms with Crippen molar-refractivity contribution in [1.82, 2.24) is 9.38 Å². The van der Waals surface area contributed by atoms with E-state index in [4.69, 9.17) is 4.42 Å². The van der Waals surface area contributed by atoms with Gasteiger partial charge in [-0.05, 0) is 34.1 Å². The van der Waals surface area contributed by atoms with Gasteiger partial charge in [-0.2, -0.15) is 0 Å². The maximum atomic E-state index is 12.2. The van der Waals surface area contributed by atoms with E-state index in [2.05, 4.69) is 36.8 Å². The maximum absolute atomic E-state index is 12.2. The van der Waals surface area contributed by atoms with Crippen molar-refractivity contribution in [3.8, 4) is 11.3 Å². The highest BCUT2D eigenvalue weighted by atomic mass is 79.9. The quantitative estimate of drug-likeness (QED) is 0.415. The molecule has 1 aromatic carbocycles. The minimum atomic E-state index is -0.392. The molecule has 3 aromatic heterocycles. The molecule has 0 atom stereocenters. The molecule has 0 aliphatic carbocycles. The third kappa shape index (κ3) is 2.16. The van der Waals surface area contributed by atoms with Crippen molar-refractivity contribution in [1.29, 1.82) is 0 Å². The lowest BCUT2D eigenvalue weighted by atomic mass is 10.1. The molecule has 0 radical (unpaired) electrons. The lowest BCUT2D eigenvalue weighted by molar-refractivity contribution is 0.561. The van der Waals surface area contributed by atoms with Crippen LogP contribution in [0.2, 0.25) is 0 Å². The largest absolute Gasteiger partial charge is 0.421 e. The third-order valence-corrected chi connectivity index (χ3v) is 4.94. The molecule has 0 amide bonds. The average Bonchev–Trinajstić information content (AvgIpc) is 2.99. The predicted molar refractivity (Wildman–Crippen MR) is 89.9 cm³/mol. The van der Waals surface area contributed by atoms with Gasteiger partial charge in [-0.3, -0.25) is 4.40 Å². The molecule has 3 heterocycles. The van der Waals surface area contributed by atoms with E-state index in [0.29, 0.717) is 16.8 Å². The van der Waals surface area contributed by atoms with Crippen LogP contribution < -0.4 is 5.63 Å². The number of imidazole rings is 1. The van der Waals surface area contributed by atoms with Crippen molar-refractivity contribution in [2.24, 2.45) is 0 Å². The van der Waals surface area contributed by atoms with Crippen LogP contribution in [0.25, 0.3) is 27.2 Å². The number of rotatable bonds is 1. The Labute approximate surface area is 139 Å². The molecule has 0 spiro atoms. The summed E-state index contributed by atoms with van der Waals surface area (Å²) in [6.07, 6.45) is 3.74. The molecule has 0 saturated carbocycles. The number of hydrogen-bond acceptors (Lipinski definition) is 4. The number of benzene rings is 1. The lowest BCUT2D eigenvalue weighted by Gasteiger charge is -2.02. The minimum absolute atomic E-state index is 0.392. The van der Waals surface area contributed by atoms with Gasteiger partial charge in [-0.15, -0.1) is 11.3 Å². The summed E-state index contributed by atoms with van der Waals surface area (Å²) in [6.45, 7) is 0. The second-order valence-electron chi connectivity index (χ2n) is 4.47. The minimum Gasteiger partial charge on any atom is -0.421 e. The first-order valence-corrected chi connectivity index (χ1v) is 8.44. The number of halogens is 2. The van der Waals surface area contributed by atoms with Crippen molar-refractivity contribution in [3.63, 3.8) is 0 Å². The molecular formula is C14H6Br2N2O2S. The van der Waals surface area contributed by atoms with Gasteiger partial charge in [0.05, 0.1) is 15.7 Å².